The van der Waals surface area contributed by atoms with Gasteiger partial charge in [-0.25, -0.2) is 9.97 Å². The van der Waals surface area contributed by atoms with Crippen LogP contribution >= 0.6 is 0 Å². The fourth-order valence-corrected chi connectivity index (χ4v) is 6.21. The van der Waals surface area contributed by atoms with Gasteiger partial charge in [0.25, 0.3) is 0 Å². The molecule has 0 amide bonds. The predicted octanol–water partition coefficient (Wildman–Crippen LogP) is 7.64. The zero-order chi connectivity index (χ0) is 31.6. The largest absolute Gasteiger partial charge is 0.511 e. The van der Waals surface area contributed by atoms with Crippen molar-refractivity contribution < 1.29 is 9.84 Å². The second kappa shape index (κ2) is 13.0. The minimum atomic E-state index is -0.216. The first-order valence-electron chi connectivity index (χ1n) is 15.9. The van der Waals surface area contributed by atoms with E-state index in [0.29, 0.717) is 19.1 Å². The predicted molar refractivity (Wildman–Crippen MR) is 180 cm³/mol. The van der Waals surface area contributed by atoms with Crippen LogP contribution in [0.4, 0.5) is 0 Å². The molecule has 1 aromatic carbocycles. The Bertz CT molecular complexity index is 1610. The lowest BCUT2D eigenvalue weighted by molar-refractivity contribution is 0.240. The Labute approximate surface area is 262 Å². The van der Waals surface area contributed by atoms with E-state index in [9.17, 15) is 5.11 Å². The molecule has 1 aliphatic carbocycles. The number of nitrogens with zero attached hydrogens (tertiary/aromatic N) is 4. The van der Waals surface area contributed by atoms with E-state index >= 15 is 0 Å². The lowest BCUT2D eigenvalue weighted by Crippen LogP contribution is -2.34. The number of hydrogen-bond donors (Lipinski definition) is 3. The van der Waals surface area contributed by atoms with E-state index in [1.165, 1.54) is 16.8 Å². The van der Waals surface area contributed by atoms with Crippen molar-refractivity contribution in [2.24, 2.45) is 16.3 Å². The smallest absolute Gasteiger partial charge is 0.177 e. The first-order valence-corrected chi connectivity index (χ1v) is 15.9. The molecular weight excluding hydrogens is 548 g/mol. The second-order valence-electron chi connectivity index (χ2n) is 13.2. The number of aliphatic imine (C=N–C) groups is 1. The van der Waals surface area contributed by atoms with E-state index < -0.39 is 0 Å². The van der Waals surface area contributed by atoms with Gasteiger partial charge in [-0.15, -0.1) is 0 Å². The summed E-state index contributed by atoms with van der Waals surface area (Å²) < 4.78 is 6.32. The SMILES string of the molecule is C=C(CNC(C)C(=C)O)N=C1CCC(C)(C)C/C1=C(/C(C)CC)N1CCOc2ccc(-c3cnc4nc(C)[nH]c4c3)cc2C1. The fourth-order valence-electron chi connectivity index (χ4n) is 6.21. The number of aromatic nitrogens is 3. The van der Waals surface area contributed by atoms with E-state index in [1.54, 1.807) is 0 Å². The minimum Gasteiger partial charge on any atom is -0.511 e. The van der Waals surface area contributed by atoms with Crippen molar-refractivity contribution in [2.75, 3.05) is 19.7 Å². The number of aryl methyl sites for hydroxylation is 1. The van der Waals surface area contributed by atoms with Crippen LogP contribution in [0.5, 0.6) is 5.75 Å². The summed E-state index contributed by atoms with van der Waals surface area (Å²) in [5.41, 5.74) is 9.80. The van der Waals surface area contributed by atoms with Gasteiger partial charge in [0.1, 0.15) is 23.9 Å². The Kier molecular flexibility index (Phi) is 9.30. The molecule has 234 valence electrons. The van der Waals surface area contributed by atoms with Crippen molar-refractivity contribution in [1.82, 2.24) is 25.2 Å². The van der Waals surface area contributed by atoms with E-state index in [0.717, 1.165) is 84.0 Å². The number of aliphatic hydroxyl groups is 1. The zero-order valence-corrected chi connectivity index (χ0v) is 27.3. The summed E-state index contributed by atoms with van der Waals surface area (Å²) in [5.74, 6) is 2.27. The van der Waals surface area contributed by atoms with Crippen molar-refractivity contribution >= 4 is 16.9 Å². The number of imidazole rings is 1. The second-order valence-corrected chi connectivity index (χ2v) is 13.2. The summed E-state index contributed by atoms with van der Waals surface area (Å²) >= 11 is 0. The number of aliphatic hydroxyl groups excluding tert-OH is 1. The number of aromatic amines is 1. The highest BCUT2D eigenvalue weighted by Crippen LogP contribution is 2.42. The number of hydrogen-bond acceptors (Lipinski definition) is 7. The molecule has 2 aromatic heterocycles. The van der Waals surface area contributed by atoms with Crippen LogP contribution in [0.15, 0.2) is 71.3 Å². The number of nitrogens with one attached hydrogen (secondary N) is 2. The standard InChI is InChI=1S/C36H48N6O2/c1-9-22(2)34(30-18-36(7,8)13-12-31(30)39-23(3)19-37-24(4)25(5)43)42-14-15-44-33-11-10-27(16-29(33)21-42)28-17-32-35(38-20-28)41-26(6)40-32/h10-11,16-17,20,22,24,37,43H,3,5,9,12-15,18-19,21H2,1-2,4,6-8H3,(H,38,40,41)/b34-30+,39-31?. The summed E-state index contributed by atoms with van der Waals surface area (Å²) in [7, 11) is 0. The van der Waals surface area contributed by atoms with Gasteiger partial charge < -0.3 is 25.0 Å². The number of ether oxygens (including phenoxy) is 1. The van der Waals surface area contributed by atoms with Crippen molar-refractivity contribution in [2.45, 2.75) is 79.8 Å². The molecule has 8 nitrogen and oxygen atoms in total. The van der Waals surface area contributed by atoms with Gasteiger partial charge in [-0.05, 0) is 80.2 Å². The van der Waals surface area contributed by atoms with Gasteiger partial charge in [-0.1, -0.05) is 46.9 Å². The summed E-state index contributed by atoms with van der Waals surface area (Å²) in [6.45, 7) is 23.7. The topological polar surface area (TPSA) is 98.7 Å². The third-order valence-corrected chi connectivity index (χ3v) is 9.01. The average Bonchev–Trinajstić information content (AvgIpc) is 3.23. The number of fused-ring (bicyclic) bond motifs is 2. The van der Waals surface area contributed by atoms with Crippen LogP contribution in [0, 0.1) is 18.3 Å². The number of pyridine rings is 1. The van der Waals surface area contributed by atoms with Gasteiger partial charge in [0, 0.05) is 47.5 Å². The maximum atomic E-state index is 9.73. The average molecular weight is 597 g/mol. The molecule has 0 bridgehead atoms. The van der Waals surface area contributed by atoms with Crippen molar-refractivity contribution in [3.8, 4) is 16.9 Å². The van der Waals surface area contributed by atoms with E-state index in [2.05, 4.69) is 90.3 Å². The summed E-state index contributed by atoms with van der Waals surface area (Å²) in [6.07, 6.45) is 5.90. The zero-order valence-electron chi connectivity index (χ0n) is 27.3. The molecule has 2 aliphatic rings. The third-order valence-electron chi connectivity index (χ3n) is 9.01. The molecule has 0 radical (unpaired) electrons. The molecule has 3 aromatic rings. The van der Waals surface area contributed by atoms with Crippen molar-refractivity contribution in [3.63, 3.8) is 0 Å². The number of H-pyrrole nitrogens is 1. The van der Waals surface area contributed by atoms with Gasteiger partial charge >= 0.3 is 0 Å². The van der Waals surface area contributed by atoms with E-state index in [-0.39, 0.29) is 17.2 Å². The van der Waals surface area contributed by atoms with Crippen LogP contribution < -0.4 is 10.1 Å². The highest BCUT2D eigenvalue weighted by molar-refractivity contribution is 6.02. The molecule has 44 heavy (non-hydrogen) atoms. The number of rotatable bonds is 9. The summed E-state index contributed by atoms with van der Waals surface area (Å²) in [4.78, 5) is 20.0. The molecule has 3 N–H and O–H groups in total. The van der Waals surface area contributed by atoms with Crippen LogP contribution in [0.3, 0.4) is 0 Å². The summed E-state index contributed by atoms with van der Waals surface area (Å²) in [6, 6.07) is 8.38. The number of allylic oxidation sites excluding steroid dienone is 2. The Hall–Kier alpha value is -3.91. The van der Waals surface area contributed by atoms with Crippen LogP contribution in [0.25, 0.3) is 22.3 Å². The van der Waals surface area contributed by atoms with Crippen LogP contribution in [0.1, 0.15) is 71.7 Å². The lowest BCUT2D eigenvalue weighted by atomic mass is 9.72. The molecule has 3 heterocycles. The quantitative estimate of drug-likeness (QED) is 0.220. The molecule has 2 atom stereocenters. The van der Waals surface area contributed by atoms with Gasteiger partial charge in [0.2, 0.25) is 0 Å². The fraction of sp³-hybridized carbons (Fsp3) is 0.472. The molecule has 5 rings (SSSR count). The molecular formula is C36H48N6O2. The normalized spacial score (nSPS) is 20.0. The maximum absolute atomic E-state index is 9.73. The van der Waals surface area contributed by atoms with Crippen LogP contribution in [0.2, 0.25) is 0 Å². The monoisotopic (exact) mass is 596 g/mol. The first-order chi connectivity index (χ1) is 20.9. The van der Waals surface area contributed by atoms with Gasteiger partial charge in [-0.3, -0.25) is 4.99 Å². The number of benzene rings is 1. The first kappa shape index (κ1) is 31.5. The van der Waals surface area contributed by atoms with Crippen LogP contribution in [-0.4, -0.2) is 56.4 Å². The summed E-state index contributed by atoms with van der Waals surface area (Å²) in [5, 5.41) is 13.0. The molecule has 0 saturated heterocycles. The Morgan fingerprint density at radius 2 is 2.02 bits per heavy atom. The van der Waals surface area contributed by atoms with Crippen molar-refractivity contribution in [3.05, 3.63) is 77.7 Å². The van der Waals surface area contributed by atoms with Crippen LogP contribution in [-0.2, 0) is 6.54 Å². The van der Waals surface area contributed by atoms with E-state index in [4.69, 9.17) is 9.73 Å². The molecule has 0 spiro atoms. The lowest BCUT2D eigenvalue weighted by Gasteiger charge is -2.38. The Morgan fingerprint density at radius 1 is 1.23 bits per heavy atom. The van der Waals surface area contributed by atoms with Gasteiger partial charge in [0.15, 0.2) is 5.65 Å². The third kappa shape index (κ3) is 7.07. The highest BCUT2D eigenvalue weighted by atomic mass is 16.5. The maximum Gasteiger partial charge on any atom is 0.177 e. The molecule has 1 saturated carbocycles. The molecule has 8 heteroatoms. The Morgan fingerprint density at radius 3 is 2.77 bits per heavy atom. The molecule has 1 aliphatic heterocycles. The Balaban J connectivity index is 1.51. The van der Waals surface area contributed by atoms with Crippen molar-refractivity contribution in [1.29, 1.82) is 0 Å². The van der Waals surface area contributed by atoms with E-state index in [1.807, 2.05) is 20.0 Å². The highest BCUT2D eigenvalue weighted by Gasteiger charge is 2.33. The van der Waals surface area contributed by atoms with Gasteiger partial charge in [-0.2, -0.15) is 0 Å². The minimum absolute atomic E-state index is 0.115. The van der Waals surface area contributed by atoms with Gasteiger partial charge in [0.05, 0.1) is 18.1 Å². The molecule has 2 unspecified atom stereocenters. The molecule has 1 fully saturated rings.